The summed E-state index contributed by atoms with van der Waals surface area (Å²) in [7, 11) is 0. The van der Waals surface area contributed by atoms with Crippen molar-refractivity contribution in [3.8, 4) is 0 Å². The maximum atomic E-state index is 10.4. The highest BCUT2D eigenvalue weighted by atomic mass is 79.9. The molecule has 2 aromatic rings. The van der Waals surface area contributed by atoms with Crippen molar-refractivity contribution in [1.29, 1.82) is 0 Å². The van der Waals surface area contributed by atoms with E-state index in [-0.39, 0.29) is 0 Å². The number of thiophene rings is 1. The lowest BCUT2D eigenvalue weighted by Crippen LogP contribution is -2.00. The molecule has 0 saturated heterocycles. The van der Waals surface area contributed by atoms with Crippen LogP contribution in [0.15, 0.2) is 28.7 Å². The Hall–Kier alpha value is -0.640. The SMILES string of the molecule is Cc1ccc(C(O)c2sc(C)cc2Br)c(C)c1. The molecular formula is C14H15BrOS. The molecule has 3 heteroatoms. The van der Waals surface area contributed by atoms with Crippen molar-refractivity contribution in [1.82, 2.24) is 0 Å². The lowest BCUT2D eigenvalue weighted by Gasteiger charge is -2.13. The van der Waals surface area contributed by atoms with Crippen LogP contribution in [0.5, 0.6) is 0 Å². The first-order chi connectivity index (χ1) is 7.99. The fourth-order valence-corrected chi connectivity index (χ4v) is 3.83. The predicted molar refractivity (Wildman–Crippen MR) is 76.7 cm³/mol. The molecule has 1 aromatic heterocycles. The van der Waals surface area contributed by atoms with Gasteiger partial charge >= 0.3 is 0 Å². The van der Waals surface area contributed by atoms with Gasteiger partial charge in [-0.3, -0.25) is 0 Å². The molecule has 0 bridgehead atoms. The minimum atomic E-state index is -0.538. The summed E-state index contributed by atoms with van der Waals surface area (Å²) in [4.78, 5) is 2.19. The molecule has 0 radical (unpaired) electrons. The number of hydrogen-bond acceptors (Lipinski definition) is 2. The minimum absolute atomic E-state index is 0.538. The fourth-order valence-electron chi connectivity index (χ4n) is 1.96. The molecule has 1 unspecified atom stereocenters. The minimum Gasteiger partial charge on any atom is -0.383 e. The summed E-state index contributed by atoms with van der Waals surface area (Å²) in [5, 5.41) is 10.4. The van der Waals surface area contributed by atoms with Crippen molar-refractivity contribution >= 4 is 27.3 Å². The Bertz CT molecular complexity index is 545. The Morgan fingerprint density at radius 2 is 1.88 bits per heavy atom. The van der Waals surface area contributed by atoms with E-state index in [9.17, 15) is 5.11 Å². The zero-order chi connectivity index (χ0) is 12.6. The van der Waals surface area contributed by atoms with E-state index in [4.69, 9.17) is 0 Å². The average Bonchev–Trinajstić information content (AvgIpc) is 2.57. The van der Waals surface area contributed by atoms with Crippen LogP contribution >= 0.6 is 27.3 Å². The highest BCUT2D eigenvalue weighted by Crippen LogP contribution is 2.36. The molecule has 0 spiro atoms. The number of aryl methyl sites for hydroxylation is 3. The Morgan fingerprint density at radius 3 is 2.41 bits per heavy atom. The molecule has 0 aliphatic carbocycles. The Kier molecular flexibility index (Phi) is 3.71. The summed E-state index contributed by atoms with van der Waals surface area (Å²) in [6, 6.07) is 8.20. The first kappa shape index (κ1) is 12.8. The van der Waals surface area contributed by atoms with Gasteiger partial charge in [-0.1, -0.05) is 23.8 Å². The maximum absolute atomic E-state index is 10.4. The normalized spacial score (nSPS) is 12.8. The quantitative estimate of drug-likeness (QED) is 0.864. The van der Waals surface area contributed by atoms with Crippen molar-refractivity contribution in [3.05, 3.63) is 55.2 Å². The van der Waals surface area contributed by atoms with Gasteiger partial charge < -0.3 is 5.11 Å². The third-order valence-corrected chi connectivity index (χ3v) is 4.83. The van der Waals surface area contributed by atoms with Crippen LogP contribution in [-0.2, 0) is 0 Å². The zero-order valence-corrected chi connectivity index (χ0v) is 12.5. The number of hydrogen-bond donors (Lipinski definition) is 1. The van der Waals surface area contributed by atoms with E-state index in [2.05, 4.69) is 28.9 Å². The van der Waals surface area contributed by atoms with Crippen molar-refractivity contribution in [2.45, 2.75) is 26.9 Å². The summed E-state index contributed by atoms with van der Waals surface area (Å²) >= 11 is 5.14. The number of aliphatic hydroxyl groups excluding tert-OH is 1. The van der Waals surface area contributed by atoms with Gasteiger partial charge in [0.2, 0.25) is 0 Å². The molecule has 1 heterocycles. The summed E-state index contributed by atoms with van der Waals surface area (Å²) in [5.74, 6) is 0. The summed E-state index contributed by atoms with van der Waals surface area (Å²) in [6.07, 6.45) is -0.538. The van der Waals surface area contributed by atoms with Gasteiger partial charge in [0.15, 0.2) is 0 Å². The van der Waals surface area contributed by atoms with E-state index in [0.717, 1.165) is 20.5 Å². The molecule has 0 aliphatic rings. The average molecular weight is 311 g/mol. The van der Waals surface area contributed by atoms with Crippen LogP contribution in [0.25, 0.3) is 0 Å². The lowest BCUT2D eigenvalue weighted by atomic mass is 10.0. The van der Waals surface area contributed by atoms with Crippen LogP contribution in [0.4, 0.5) is 0 Å². The molecule has 0 aliphatic heterocycles. The van der Waals surface area contributed by atoms with Gasteiger partial charge in [-0.15, -0.1) is 11.3 Å². The second-order valence-corrected chi connectivity index (χ2v) is 6.47. The molecule has 1 aromatic carbocycles. The molecule has 0 amide bonds. The van der Waals surface area contributed by atoms with Crippen molar-refractivity contribution in [2.24, 2.45) is 0 Å². The monoisotopic (exact) mass is 310 g/mol. The van der Waals surface area contributed by atoms with Crippen molar-refractivity contribution in [2.75, 3.05) is 0 Å². The Morgan fingerprint density at radius 1 is 1.18 bits per heavy atom. The molecule has 0 saturated carbocycles. The summed E-state index contributed by atoms with van der Waals surface area (Å²) in [6.45, 7) is 6.15. The Labute approximate surface area is 114 Å². The first-order valence-electron chi connectivity index (χ1n) is 5.50. The topological polar surface area (TPSA) is 20.2 Å². The Balaban J connectivity index is 2.43. The van der Waals surface area contributed by atoms with Crippen LogP contribution < -0.4 is 0 Å². The van der Waals surface area contributed by atoms with E-state index >= 15 is 0 Å². The number of rotatable bonds is 2. The molecular weight excluding hydrogens is 296 g/mol. The van der Waals surface area contributed by atoms with Gasteiger partial charge in [0, 0.05) is 9.35 Å². The standard InChI is InChI=1S/C14H15BrOS/c1-8-4-5-11(9(2)6-8)13(16)14-12(15)7-10(3)17-14/h4-7,13,16H,1-3H3. The van der Waals surface area contributed by atoms with Crippen LogP contribution in [0.2, 0.25) is 0 Å². The highest BCUT2D eigenvalue weighted by Gasteiger charge is 2.18. The number of benzene rings is 1. The van der Waals surface area contributed by atoms with E-state index in [1.165, 1.54) is 10.4 Å². The second-order valence-electron chi connectivity index (χ2n) is 4.33. The van der Waals surface area contributed by atoms with Crippen molar-refractivity contribution in [3.63, 3.8) is 0 Å². The summed E-state index contributed by atoms with van der Waals surface area (Å²) in [5.41, 5.74) is 3.34. The van der Waals surface area contributed by atoms with Crippen LogP contribution in [0.3, 0.4) is 0 Å². The molecule has 0 fully saturated rings. The van der Waals surface area contributed by atoms with Crippen LogP contribution in [0, 0.1) is 20.8 Å². The molecule has 2 rings (SSSR count). The van der Waals surface area contributed by atoms with Gasteiger partial charge in [0.25, 0.3) is 0 Å². The smallest absolute Gasteiger partial charge is 0.115 e. The van der Waals surface area contributed by atoms with E-state index in [1.807, 2.05) is 32.0 Å². The maximum Gasteiger partial charge on any atom is 0.115 e. The second kappa shape index (κ2) is 4.92. The van der Waals surface area contributed by atoms with Crippen LogP contribution in [-0.4, -0.2) is 5.11 Å². The van der Waals surface area contributed by atoms with E-state index in [0.29, 0.717) is 0 Å². The molecule has 1 nitrogen and oxygen atoms in total. The highest BCUT2D eigenvalue weighted by molar-refractivity contribution is 9.10. The van der Waals surface area contributed by atoms with Gasteiger partial charge in [0.05, 0.1) is 4.88 Å². The number of halogens is 1. The van der Waals surface area contributed by atoms with Crippen LogP contribution in [0.1, 0.15) is 32.5 Å². The van der Waals surface area contributed by atoms with E-state index < -0.39 is 6.10 Å². The number of aliphatic hydroxyl groups is 1. The summed E-state index contributed by atoms with van der Waals surface area (Å²) < 4.78 is 0.993. The van der Waals surface area contributed by atoms with Gasteiger partial charge in [-0.05, 0) is 53.9 Å². The van der Waals surface area contributed by atoms with Crippen molar-refractivity contribution < 1.29 is 5.11 Å². The predicted octanol–water partition coefficient (Wildman–Crippen LogP) is 4.52. The van der Waals surface area contributed by atoms with E-state index in [1.54, 1.807) is 11.3 Å². The molecule has 1 N–H and O–H groups in total. The lowest BCUT2D eigenvalue weighted by molar-refractivity contribution is 0.222. The van der Waals surface area contributed by atoms with Gasteiger partial charge in [-0.2, -0.15) is 0 Å². The van der Waals surface area contributed by atoms with Gasteiger partial charge in [-0.25, -0.2) is 0 Å². The molecule has 17 heavy (non-hydrogen) atoms. The molecule has 1 atom stereocenters. The third kappa shape index (κ3) is 2.62. The third-order valence-electron chi connectivity index (χ3n) is 2.80. The van der Waals surface area contributed by atoms with Gasteiger partial charge in [0.1, 0.15) is 6.10 Å². The molecule has 90 valence electrons. The zero-order valence-electron chi connectivity index (χ0n) is 10.1. The first-order valence-corrected chi connectivity index (χ1v) is 7.11. The largest absolute Gasteiger partial charge is 0.383 e. The fraction of sp³-hybridized carbons (Fsp3) is 0.286.